The second-order valence-corrected chi connectivity index (χ2v) is 8.76. The van der Waals surface area contributed by atoms with Crippen LogP contribution in [0.25, 0.3) is 0 Å². The van der Waals surface area contributed by atoms with E-state index in [4.69, 9.17) is 4.74 Å². The Kier molecular flexibility index (Phi) is 6.12. The van der Waals surface area contributed by atoms with E-state index < -0.39 is 0 Å². The van der Waals surface area contributed by atoms with Crippen LogP contribution in [0.2, 0.25) is 0 Å². The maximum absolute atomic E-state index is 11.0. The van der Waals surface area contributed by atoms with E-state index in [-0.39, 0.29) is 17.2 Å². The fourth-order valence-electron chi connectivity index (χ4n) is 4.40. The Hall–Kier alpha value is -4.12. The van der Waals surface area contributed by atoms with Crippen LogP contribution >= 0.6 is 0 Å². The van der Waals surface area contributed by atoms with Gasteiger partial charge in [-0.2, -0.15) is 0 Å². The molecule has 0 aliphatic heterocycles. The van der Waals surface area contributed by atoms with E-state index in [0.29, 0.717) is 28.6 Å². The van der Waals surface area contributed by atoms with Crippen LogP contribution in [0, 0.1) is 34.6 Å². The summed E-state index contributed by atoms with van der Waals surface area (Å²) in [5.74, 6) is 1.18. The number of phenols is 3. The molecule has 0 saturated heterocycles. The Morgan fingerprint density at radius 3 is 1.68 bits per heavy atom. The van der Waals surface area contributed by atoms with E-state index in [1.807, 2.05) is 75.9 Å². The van der Waals surface area contributed by atoms with Crippen LogP contribution in [0.3, 0.4) is 0 Å². The lowest BCUT2D eigenvalue weighted by atomic mass is 10.0. The number of aryl methyl sites for hydroxylation is 5. The highest BCUT2D eigenvalue weighted by molar-refractivity contribution is 5.86. The quantitative estimate of drug-likeness (QED) is 0.289. The molecule has 0 heterocycles. The van der Waals surface area contributed by atoms with Crippen molar-refractivity contribution in [1.29, 1.82) is 0 Å². The van der Waals surface area contributed by atoms with Crippen molar-refractivity contribution in [1.82, 2.24) is 0 Å². The van der Waals surface area contributed by atoms with Gasteiger partial charge >= 0.3 is 0 Å². The van der Waals surface area contributed by atoms with E-state index >= 15 is 0 Å². The molecule has 0 aromatic heterocycles. The first kappa shape index (κ1) is 23.1. The van der Waals surface area contributed by atoms with E-state index in [9.17, 15) is 15.3 Å². The largest absolute Gasteiger partial charge is 0.506 e. The summed E-state index contributed by atoms with van der Waals surface area (Å²) in [7, 11) is 0. The summed E-state index contributed by atoms with van der Waals surface area (Å²) >= 11 is 0. The third-order valence-corrected chi connectivity index (χ3v) is 5.78. The molecule has 174 valence electrons. The first-order valence-corrected chi connectivity index (χ1v) is 11.1. The van der Waals surface area contributed by atoms with Gasteiger partial charge in [-0.3, -0.25) is 0 Å². The van der Waals surface area contributed by atoms with Crippen LogP contribution in [-0.2, 0) is 0 Å². The molecule has 0 aliphatic rings. The average molecular weight is 456 g/mol. The minimum absolute atomic E-state index is 0.0568. The minimum atomic E-state index is 0.0568. The third kappa shape index (κ3) is 4.37. The number of ether oxygens (including phenoxy) is 1. The standard InChI is InChI=1S/C29H29NO4/c1-17-12-20(4)27(25(32)14-17)30(28-21(5)13-18(2)15-26(28)33)22-9-7-10-23(16-22)34-29-19(3)8-6-11-24(29)31/h6-16,31-33H,1-5H3. The van der Waals surface area contributed by atoms with Crippen molar-refractivity contribution in [3.8, 4) is 28.7 Å². The maximum Gasteiger partial charge on any atom is 0.171 e. The first-order valence-electron chi connectivity index (χ1n) is 11.1. The summed E-state index contributed by atoms with van der Waals surface area (Å²) in [5.41, 5.74) is 6.25. The normalized spacial score (nSPS) is 10.9. The Labute approximate surface area is 200 Å². The van der Waals surface area contributed by atoms with Gasteiger partial charge in [0.1, 0.15) is 17.2 Å². The Morgan fingerprint density at radius 1 is 0.588 bits per heavy atom. The lowest BCUT2D eigenvalue weighted by molar-refractivity contribution is 0.409. The van der Waals surface area contributed by atoms with Gasteiger partial charge in [0.2, 0.25) is 0 Å². The van der Waals surface area contributed by atoms with Gasteiger partial charge in [0, 0.05) is 6.07 Å². The van der Waals surface area contributed by atoms with Crippen LogP contribution in [0.4, 0.5) is 17.1 Å². The number of nitrogens with zero attached hydrogens (tertiary/aromatic N) is 1. The second kappa shape index (κ2) is 9.02. The van der Waals surface area contributed by atoms with Crippen molar-refractivity contribution in [2.24, 2.45) is 0 Å². The van der Waals surface area contributed by atoms with E-state index in [0.717, 1.165) is 27.8 Å². The highest BCUT2D eigenvalue weighted by atomic mass is 16.5. The number of para-hydroxylation sites is 1. The Morgan fingerprint density at radius 2 is 1.15 bits per heavy atom. The van der Waals surface area contributed by atoms with Crippen molar-refractivity contribution < 1.29 is 20.1 Å². The molecule has 0 saturated carbocycles. The molecule has 4 rings (SSSR count). The SMILES string of the molecule is Cc1cc(C)c(N(c2cccc(Oc3c(C)cccc3O)c2)c2c(C)cc(C)cc2O)c(O)c1. The van der Waals surface area contributed by atoms with Crippen LogP contribution in [0.5, 0.6) is 28.7 Å². The highest BCUT2D eigenvalue weighted by Gasteiger charge is 2.24. The van der Waals surface area contributed by atoms with Crippen LogP contribution in [-0.4, -0.2) is 15.3 Å². The van der Waals surface area contributed by atoms with Crippen molar-refractivity contribution >= 4 is 17.1 Å². The summed E-state index contributed by atoms with van der Waals surface area (Å²) in [6.07, 6.45) is 0. The van der Waals surface area contributed by atoms with Gasteiger partial charge in [0.05, 0.1) is 17.1 Å². The zero-order chi connectivity index (χ0) is 24.6. The number of hydrogen-bond donors (Lipinski definition) is 3. The molecule has 0 spiro atoms. The zero-order valence-corrected chi connectivity index (χ0v) is 20.0. The van der Waals surface area contributed by atoms with Crippen LogP contribution in [0.1, 0.15) is 27.8 Å². The van der Waals surface area contributed by atoms with Crippen molar-refractivity contribution in [2.75, 3.05) is 4.90 Å². The molecule has 0 amide bonds. The molecular weight excluding hydrogens is 426 g/mol. The number of phenolic OH excluding ortho intramolecular Hbond substituents is 3. The Balaban J connectivity index is 1.92. The fourth-order valence-corrected chi connectivity index (χ4v) is 4.40. The molecule has 0 atom stereocenters. The fraction of sp³-hybridized carbons (Fsp3) is 0.172. The van der Waals surface area contributed by atoms with Gasteiger partial charge in [0.15, 0.2) is 11.5 Å². The van der Waals surface area contributed by atoms with E-state index in [1.54, 1.807) is 30.3 Å². The highest BCUT2D eigenvalue weighted by Crippen LogP contribution is 2.48. The average Bonchev–Trinajstić information content (AvgIpc) is 2.74. The molecule has 4 aromatic carbocycles. The molecule has 5 nitrogen and oxygen atoms in total. The Bertz CT molecular complexity index is 1250. The second-order valence-electron chi connectivity index (χ2n) is 8.76. The smallest absolute Gasteiger partial charge is 0.171 e. The van der Waals surface area contributed by atoms with E-state index in [1.165, 1.54) is 0 Å². The molecular formula is C29H29NO4. The first-order chi connectivity index (χ1) is 16.2. The third-order valence-electron chi connectivity index (χ3n) is 5.78. The van der Waals surface area contributed by atoms with Crippen molar-refractivity contribution in [3.05, 3.63) is 94.5 Å². The number of hydrogen-bond acceptors (Lipinski definition) is 5. The molecule has 3 N–H and O–H groups in total. The topological polar surface area (TPSA) is 73.2 Å². The summed E-state index contributed by atoms with van der Waals surface area (Å²) in [6, 6.07) is 20.0. The predicted molar refractivity (Wildman–Crippen MR) is 136 cm³/mol. The minimum Gasteiger partial charge on any atom is -0.506 e. The van der Waals surface area contributed by atoms with Gasteiger partial charge in [-0.05, 0) is 92.8 Å². The van der Waals surface area contributed by atoms with Crippen LogP contribution in [0.15, 0.2) is 66.7 Å². The predicted octanol–water partition coefficient (Wildman–Crippen LogP) is 7.61. The van der Waals surface area contributed by atoms with Gasteiger partial charge < -0.3 is 25.0 Å². The molecule has 0 bridgehead atoms. The molecule has 0 aliphatic carbocycles. The summed E-state index contributed by atoms with van der Waals surface area (Å²) < 4.78 is 6.06. The lowest BCUT2D eigenvalue weighted by Crippen LogP contribution is -2.13. The van der Waals surface area contributed by atoms with Crippen molar-refractivity contribution in [2.45, 2.75) is 34.6 Å². The summed E-state index contributed by atoms with van der Waals surface area (Å²) in [6.45, 7) is 9.59. The van der Waals surface area contributed by atoms with Crippen molar-refractivity contribution in [3.63, 3.8) is 0 Å². The molecule has 0 radical (unpaired) electrons. The maximum atomic E-state index is 11.0. The summed E-state index contributed by atoms with van der Waals surface area (Å²) in [4.78, 5) is 1.85. The van der Waals surface area contributed by atoms with Gasteiger partial charge in [-0.25, -0.2) is 0 Å². The van der Waals surface area contributed by atoms with E-state index in [2.05, 4.69) is 0 Å². The molecule has 5 heteroatoms. The molecule has 0 fully saturated rings. The number of rotatable bonds is 5. The van der Waals surface area contributed by atoms with Gasteiger partial charge in [-0.1, -0.05) is 30.3 Å². The number of anilines is 3. The summed E-state index contributed by atoms with van der Waals surface area (Å²) in [5, 5.41) is 32.3. The van der Waals surface area contributed by atoms with Gasteiger partial charge in [0.25, 0.3) is 0 Å². The lowest BCUT2D eigenvalue weighted by Gasteiger charge is -2.30. The molecule has 4 aromatic rings. The monoisotopic (exact) mass is 455 g/mol. The van der Waals surface area contributed by atoms with Gasteiger partial charge in [-0.15, -0.1) is 0 Å². The molecule has 34 heavy (non-hydrogen) atoms. The number of benzene rings is 4. The number of aromatic hydroxyl groups is 3. The van der Waals surface area contributed by atoms with Crippen LogP contribution < -0.4 is 9.64 Å². The zero-order valence-electron chi connectivity index (χ0n) is 20.0. The molecule has 0 unspecified atom stereocenters.